The van der Waals surface area contributed by atoms with Crippen molar-refractivity contribution in [3.63, 3.8) is 0 Å². The zero-order valence-electron chi connectivity index (χ0n) is 8.94. The van der Waals surface area contributed by atoms with Crippen LogP contribution in [-0.2, 0) is 4.79 Å². The van der Waals surface area contributed by atoms with E-state index in [1.54, 1.807) is 6.92 Å². The van der Waals surface area contributed by atoms with Gasteiger partial charge in [0.15, 0.2) is 5.78 Å². The molecule has 0 atom stereocenters. The van der Waals surface area contributed by atoms with E-state index in [1.165, 1.54) is 6.42 Å². The molecule has 0 bridgehead atoms. The van der Waals surface area contributed by atoms with Gasteiger partial charge in [0.2, 0.25) is 0 Å². The van der Waals surface area contributed by atoms with Crippen molar-refractivity contribution in [3.8, 4) is 11.8 Å². The van der Waals surface area contributed by atoms with Crippen molar-refractivity contribution in [2.45, 2.75) is 45.4 Å². The molecule has 1 aliphatic carbocycles. The lowest BCUT2D eigenvalue weighted by atomic mass is 9.70. The Morgan fingerprint density at radius 2 is 2.00 bits per heavy atom. The van der Waals surface area contributed by atoms with Crippen molar-refractivity contribution in [1.29, 1.82) is 0 Å². The van der Waals surface area contributed by atoms with Crippen molar-refractivity contribution in [1.82, 2.24) is 0 Å². The Balaban J connectivity index is 2.65. The van der Waals surface area contributed by atoms with Crippen LogP contribution in [0.25, 0.3) is 0 Å². The number of Topliss-reactive ketones (excluding diaryl/α,β-unsaturated/α-hetero) is 1. The van der Waals surface area contributed by atoms with Crippen LogP contribution in [0.2, 0.25) is 0 Å². The van der Waals surface area contributed by atoms with E-state index < -0.39 is 0 Å². The highest BCUT2D eigenvalue weighted by atomic mass is 16.1. The van der Waals surface area contributed by atoms with Crippen LogP contribution in [0.5, 0.6) is 0 Å². The SMILES string of the molecule is CC#CCC(=O)C1(CN)CCCCC1. The molecular weight excluding hydrogens is 174 g/mol. The summed E-state index contributed by atoms with van der Waals surface area (Å²) in [6.45, 7) is 2.26. The van der Waals surface area contributed by atoms with E-state index in [9.17, 15) is 4.79 Å². The first-order valence-electron chi connectivity index (χ1n) is 5.38. The van der Waals surface area contributed by atoms with Gasteiger partial charge in [-0.05, 0) is 19.8 Å². The van der Waals surface area contributed by atoms with E-state index in [4.69, 9.17) is 5.73 Å². The summed E-state index contributed by atoms with van der Waals surface area (Å²) < 4.78 is 0. The molecule has 0 radical (unpaired) electrons. The van der Waals surface area contributed by atoms with Crippen LogP contribution in [0, 0.1) is 17.3 Å². The molecule has 0 aliphatic heterocycles. The molecule has 1 aliphatic rings. The van der Waals surface area contributed by atoms with Gasteiger partial charge in [0.1, 0.15) is 0 Å². The Hall–Kier alpha value is -0.810. The van der Waals surface area contributed by atoms with Crippen LogP contribution in [-0.4, -0.2) is 12.3 Å². The first-order valence-corrected chi connectivity index (χ1v) is 5.38. The standard InChI is InChI=1S/C12H19NO/c1-2-3-7-11(14)12(10-13)8-5-4-6-9-12/h4-10,13H2,1H3. The van der Waals surface area contributed by atoms with E-state index in [1.807, 2.05) is 0 Å². The van der Waals surface area contributed by atoms with Crippen LogP contribution in [0.1, 0.15) is 45.4 Å². The number of hydrogen-bond donors (Lipinski definition) is 1. The molecule has 0 aromatic rings. The smallest absolute Gasteiger partial charge is 0.152 e. The second-order valence-electron chi connectivity index (χ2n) is 4.07. The van der Waals surface area contributed by atoms with Crippen molar-refractivity contribution >= 4 is 5.78 Å². The van der Waals surface area contributed by atoms with E-state index in [0.29, 0.717) is 13.0 Å². The minimum Gasteiger partial charge on any atom is -0.329 e. The molecule has 1 saturated carbocycles. The number of carbonyl (C=O) groups excluding carboxylic acids is 1. The highest BCUT2D eigenvalue weighted by Gasteiger charge is 2.36. The zero-order chi connectivity index (χ0) is 10.4. The van der Waals surface area contributed by atoms with Gasteiger partial charge in [-0.3, -0.25) is 4.79 Å². The third-order valence-electron chi connectivity index (χ3n) is 3.22. The number of carbonyl (C=O) groups is 1. The van der Waals surface area contributed by atoms with Crippen LogP contribution in [0.15, 0.2) is 0 Å². The lowest BCUT2D eigenvalue weighted by molar-refractivity contribution is -0.129. The van der Waals surface area contributed by atoms with E-state index in [2.05, 4.69) is 11.8 Å². The summed E-state index contributed by atoms with van der Waals surface area (Å²) >= 11 is 0. The van der Waals surface area contributed by atoms with Gasteiger partial charge in [-0.25, -0.2) is 0 Å². The molecule has 0 unspecified atom stereocenters. The summed E-state index contributed by atoms with van der Waals surface area (Å²) in [5.74, 6) is 5.88. The number of hydrogen-bond acceptors (Lipinski definition) is 2. The van der Waals surface area contributed by atoms with Gasteiger partial charge in [-0.2, -0.15) is 0 Å². The third-order valence-corrected chi connectivity index (χ3v) is 3.22. The Bertz CT molecular complexity index is 253. The van der Waals surface area contributed by atoms with Crippen molar-refractivity contribution in [2.75, 3.05) is 6.54 Å². The van der Waals surface area contributed by atoms with Gasteiger partial charge in [0.25, 0.3) is 0 Å². The molecule has 0 aromatic heterocycles. The summed E-state index contributed by atoms with van der Waals surface area (Å²) in [7, 11) is 0. The maximum absolute atomic E-state index is 11.9. The molecule has 0 heterocycles. The molecule has 2 N–H and O–H groups in total. The largest absolute Gasteiger partial charge is 0.329 e. The summed E-state index contributed by atoms with van der Waals surface area (Å²) in [6, 6.07) is 0. The average molecular weight is 193 g/mol. The third kappa shape index (κ3) is 2.36. The monoisotopic (exact) mass is 193 g/mol. The van der Waals surface area contributed by atoms with Gasteiger partial charge < -0.3 is 5.73 Å². The Morgan fingerprint density at radius 3 is 2.50 bits per heavy atom. The summed E-state index contributed by atoms with van der Waals surface area (Å²) in [6.07, 6.45) is 5.84. The first-order chi connectivity index (χ1) is 6.75. The second-order valence-corrected chi connectivity index (χ2v) is 4.07. The van der Waals surface area contributed by atoms with Crippen LogP contribution in [0.4, 0.5) is 0 Å². The Kier molecular flexibility index (Phi) is 4.16. The fourth-order valence-corrected chi connectivity index (χ4v) is 2.18. The molecule has 14 heavy (non-hydrogen) atoms. The Labute approximate surface area is 86.2 Å². The Morgan fingerprint density at radius 1 is 1.36 bits per heavy atom. The number of ketones is 1. The van der Waals surface area contributed by atoms with E-state index in [0.717, 1.165) is 25.7 Å². The van der Waals surface area contributed by atoms with Crippen LogP contribution < -0.4 is 5.73 Å². The summed E-state index contributed by atoms with van der Waals surface area (Å²) in [5.41, 5.74) is 5.51. The van der Waals surface area contributed by atoms with Crippen molar-refractivity contribution < 1.29 is 4.79 Å². The average Bonchev–Trinajstić information content (AvgIpc) is 2.26. The van der Waals surface area contributed by atoms with Crippen LogP contribution in [0.3, 0.4) is 0 Å². The number of nitrogens with two attached hydrogens (primary N) is 1. The molecule has 0 spiro atoms. The van der Waals surface area contributed by atoms with Crippen molar-refractivity contribution in [2.24, 2.45) is 11.1 Å². The maximum Gasteiger partial charge on any atom is 0.152 e. The molecule has 1 rings (SSSR count). The first kappa shape index (κ1) is 11.3. The number of rotatable bonds is 3. The van der Waals surface area contributed by atoms with Gasteiger partial charge in [-0.15, -0.1) is 5.92 Å². The van der Waals surface area contributed by atoms with E-state index in [-0.39, 0.29) is 11.2 Å². The van der Waals surface area contributed by atoms with Gasteiger partial charge >= 0.3 is 0 Å². The highest BCUT2D eigenvalue weighted by molar-refractivity contribution is 5.87. The molecule has 78 valence electrons. The molecule has 1 fully saturated rings. The molecular formula is C12H19NO. The predicted molar refractivity (Wildman–Crippen MR) is 57.6 cm³/mol. The topological polar surface area (TPSA) is 43.1 Å². The van der Waals surface area contributed by atoms with E-state index >= 15 is 0 Å². The lowest BCUT2D eigenvalue weighted by Gasteiger charge is -2.34. The molecule has 2 heteroatoms. The van der Waals surface area contributed by atoms with Crippen molar-refractivity contribution in [3.05, 3.63) is 0 Å². The van der Waals surface area contributed by atoms with Gasteiger partial charge in [-0.1, -0.05) is 25.2 Å². The molecule has 2 nitrogen and oxygen atoms in total. The zero-order valence-corrected chi connectivity index (χ0v) is 8.94. The summed E-state index contributed by atoms with van der Waals surface area (Å²) in [4.78, 5) is 11.9. The lowest BCUT2D eigenvalue weighted by Crippen LogP contribution is -2.40. The van der Waals surface area contributed by atoms with Gasteiger partial charge in [0, 0.05) is 12.0 Å². The quantitative estimate of drug-likeness (QED) is 0.695. The molecule has 0 aromatic carbocycles. The molecule has 0 amide bonds. The van der Waals surface area contributed by atoms with Crippen LogP contribution >= 0.6 is 0 Å². The van der Waals surface area contributed by atoms with Gasteiger partial charge in [0.05, 0.1) is 6.42 Å². The summed E-state index contributed by atoms with van der Waals surface area (Å²) in [5, 5.41) is 0. The second kappa shape index (κ2) is 5.17. The fourth-order valence-electron chi connectivity index (χ4n) is 2.18. The predicted octanol–water partition coefficient (Wildman–Crippen LogP) is 1.88. The maximum atomic E-state index is 11.9. The normalized spacial score (nSPS) is 19.6. The minimum atomic E-state index is -0.234. The minimum absolute atomic E-state index is 0.234. The fraction of sp³-hybridized carbons (Fsp3) is 0.750. The molecule has 0 saturated heterocycles. The highest BCUT2D eigenvalue weighted by Crippen LogP contribution is 2.36.